The molecule has 0 aliphatic carbocycles. The molecule has 4 rings (SSSR count). The predicted octanol–water partition coefficient (Wildman–Crippen LogP) is 4.82. The fraction of sp³-hybridized carbons (Fsp3) is 0.115. The van der Waals surface area contributed by atoms with Gasteiger partial charge in [-0.05, 0) is 60.5 Å². The topological polar surface area (TPSA) is 88.6 Å². The van der Waals surface area contributed by atoms with E-state index in [4.69, 9.17) is 9.47 Å². The standard InChI is InChI=1S/C26H24N4O3/c1-18(20-11-13-22(32-2)14-12-20)27-30-26(31)25-16-24(28-29-25)21-9-6-10-23(15-21)33-17-19-7-4-3-5-8-19/h3-16H,17H2,1-2H3,(H,28,29)(H,30,31). The minimum Gasteiger partial charge on any atom is -0.497 e. The summed E-state index contributed by atoms with van der Waals surface area (Å²) in [5, 5.41) is 11.2. The number of hydrogen-bond donors (Lipinski definition) is 2. The Balaban J connectivity index is 1.40. The fourth-order valence-electron chi connectivity index (χ4n) is 3.16. The predicted molar refractivity (Wildman–Crippen MR) is 127 cm³/mol. The van der Waals surface area contributed by atoms with Crippen LogP contribution in [0.1, 0.15) is 28.5 Å². The number of amides is 1. The quantitative estimate of drug-likeness (QED) is 0.304. The number of aromatic nitrogens is 2. The van der Waals surface area contributed by atoms with Crippen LogP contribution >= 0.6 is 0 Å². The van der Waals surface area contributed by atoms with Crippen LogP contribution in [0.3, 0.4) is 0 Å². The van der Waals surface area contributed by atoms with E-state index < -0.39 is 0 Å². The molecular formula is C26H24N4O3. The van der Waals surface area contributed by atoms with Crippen LogP contribution in [0.5, 0.6) is 11.5 Å². The molecular weight excluding hydrogens is 416 g/mol. The molecule has 166 valence electrons. The maximum atomic E-state index is 12.5. The van der Waals surface area contributed by atoms with Gasteiger partial charge >= 0.3 is 0 Å². The molecule has 7 nitrogen and oxygen atoms in total. The summed E-state index contributed by atoms with van der Waals surface area (Å²) in [6.45, 7) is 2.30. The molecule has 3 aromatic carbocycles. The van der Waals surface area contributed by atoms with Gasteiger partial charge in [-0.1, -0.05) is 42.5 Å². The van der Waals surface area contributed by atoms with Crippen molar-refractivity contribution < 1.29 is 14.3 Å². The SMILES string of the molecule is COc1ccc(C(C)=NNC(=O)c2cc(-c3cccc(OCc4ccccc4)c3)n[nH]2)cc1. The maximum absolute atomic E-state index is 12.5. The van der Waals surface area contributed by atoms with Crippen molar-refractivity contribution in [3.63, 3.8) is 0 Å². The zero-order chi connectivity index (χ0) is 23.0. The number of nitrogens with one attached hydrogen (secondary N) is 2. The molecule has 1 amide bonds. The molecule has 0 saturated heterocycles. The van der Waals surface area contributed by atoms with E-state index >= 15 is 0 Å². The van der Waals surface area contributed by atoms with Crippen LogP contribution in [-0.2, 0) is 6.61 Å². The van der Waals surface area contributed by atoms with Crippen molar-refractivity contribution in [3.8, 4) is 22.8 Å². The van der Waals surface area contributed by atoms with Crippen molar-refractivity contribution in [1.29, 1.82) is 0 Å². The van der Waals surface area contributed by atoms with Crippen LogP contribution in [0.4, 0.5) is 0 Å². The second-order valence-corrected chi connectivity index (χ2v) is 7.34. The van der Waals surface area contributed by atoms with E-state index in [1.165, 1.54) is 0 Å². The van der Waals surface area contributed by atoms with Gasteiger partial charge in [0.15, 0.2) is 0 Å². The molecule has 0 spiro atoms. The molecule has 0 bridgehead atoms. The summed E-state index contributed by atoms with van der Waals surface area (Å²) in [6, 6.07) is 26.7. The van der Waals surface area contributed by atoms with Gasteiger partial charge in [-0.25, -0.2) is 5.43 Å². The van der Waals surface area contributed by atoms with Gasteiger partial charge in [-0.3, -0.25) is 9.89 Å². The van der Waals surface area contributed by atoms with E-state index in [1.54, 1.807) is 13.2 Å². The van der Waals surface area contributed by atoms with Crippen molar-refractivity contribution in [1.82, 2.24) is 15.6 Å². The van der Waals surface area contributed by atoms with E-state index in [9.17, 15) is 4.79 Å². The smallest absolute Gasteiger partial charge is 0.289 e. The third kappa shape index (κ3) is 5.65. The summed E-state index contributed by atoms with van der Waals surface area (Å²) in [5.41, 5.74) is 7.00. The zero-order valence-corrected chi connectivity index (χ0v) is 18.4. The number of ether oxygens (including phenoxy) is 2. The number of rotatable bonds is 8. The van der Waals surface area contributed by atoms with Gasteiger partial charge in [0, 0.05) is 5.56 Å². The third-order valence-corrected chi connectivity index (χ3v) is 5.03. The Morgan fingerprint density at radius 2 is 1.76 bits per heavy atom. The van der Waals surface area contributed by atoms with E-state index in [2.05, 4.69) is 20.7 Å². The monoisotopic (exact) mass is 440 g/mol. The number of methoxy groups -OCH3 is 1. The number of carbonyl (C=O) groups is 1. The minimum absolute atomic E-state index is 0.312. The molecule has 33 heavy (non-hydrogen) atoms. The summed E-state index contributed by atoms with van der Waals surface area (Å²) in [7, 11) is 1.61. The summed E-state index contributed by atoms with van der Waals surface area (Å²) in [4.78, 5) is 12.5. The van der Waals surface area contributed by atoms with E-state index in [1.807, 2.05) is 85.8 Å². The molecule has 7 heteroatoms. The highest BCUT2D eigenvalue weighted by Crippen LogP contribution is 2.23. The molecule has 0 atom stereocenters. The van der Waals surface area contributed by atoms with Crippen LogP contribution < -0.4 is 14.9 Å². The van der Waals surface area contributed by atoms with Crippen LogP contribution in [0.25, 0.3) is 11.3 Å². The first-order chi connectivity index (χ1) is 16.1. The van der Waals surface area contributed by atoms with Gasteiger partial charge in [0.05, 0.1) is 18.5 Å². The number of H-pyrrole nitrogens is 1. The number of hydrazone groups is 1. The molecule has 0 aliphatic rings. The van der Waals surface area contributed by atoms with Crippen LogP contribution in [0.15, 0.2) is 90.0 Å². The molecule has 0 fully saturated rings. The summed E-state index contributed by atoms with van der Waals surface area (Å²) in [6.07, 6.45) is 0. The van der Waals surface area contributed by atoms with Crippen molar-refractivity contribution >= 4 is 11.6 Å². The third-order valence-electron chi connectivity index (χ3n) is 5.03. The molecule has 0 saturated carbocycles. The van der Waals surface area contributed by atoms with E-state index in [0.717, 1.165) is 28.2 Å². The lowest BCUT2D eigenvalue weighted by molar-refractivity contribution is 0.0950. The number of carbonyl (C=O) groups excluding carboxylic acids is 1. The summed E-state index contributed by atoms with van der Waals surface area (Å²) < 4.78 is 11.0. The Bertz CT molecular complexity index is 1250. The first-order valence-corrected chi connectivity index (χ1v) is 10.4. The van der Waals surface area contributed by atoms with Crippen molar-refractivity contribution in [2.45, 2.75) is 13.5 Å². The maximum Gasteiger partial charge on any atom is 0.289 e. The lowest BCUT2D eigenvalue weighted by atomic mass is 10.1. The van der Waals surface area contributed by atoms with Crippen LogP contribution in [0, 0.1) is 0 Å². The number of aromatic amines is 1. The van der Waals surface area contributed by atoms with Crippen molar-refractivity contribution in [2.24, 2.45) is 5.10 Å². The number of nitrogens with zero attached hydrogens (tertiary/aromatic N) is 2. The number of benzene rings is 3. The summed E-state index contributed by atoms with van der Waals surface area (Å²) in [5.74, 6) is 1.11. The van der Waals surface area contributed by atoms with E-state index in [0.29, 0.717) is 23.7 Å². The second kappa shape index (κ2) is 10.3. The molecule has 0 aliphatic heterocycles. The molecule has 0 radical (unpaired) electrons. The average molecular weight is 441 g/mol. The lowest BCUT2D eigenvalue weighted by Gasteiger charge is -2.07. The first kappa shape index (κ1) is 21.8. The Kier molecular flexibility index (Phi) is 6.80. The molecule has 1 heterocycles. The Morgan fingerprint density at radius 1 is 0.970 bits per heavy atom. The fourth-order valence-corrected chi connectivity index (χ4v) is 3.16. The van der Waals surface area contributed by atoms with E-state index in [-0.39, 0.29) is 5.91 Å². The van der Waals surface area contributed by atoms with Gasteiger partial charge in [0.1, 0.15) is 23.8 Å². The first-order valence-electron chi connectivity index (χ1n) is 10.4. The Morgan fingerprint density at radius 3 is 2.52 bits per heavy atom. The molecule has 0 unspecified atom stereocenters. The van der Waals surface area contributed by atoms with Crippen molar-refractivity contribution in [2.75, 3.05) is 7.11 Å². The second-order valence-electron chi connectivity index (χ2n) is 7.34. The average Bonchev–Trinajstić information content (AvgIpc) is 3.37. The van der Waals surface area contributed by atoms with Crippen LogP contribution in [0.2, 0.25) is 0 Å². The Hall–Kier alpha value is -4.39. The zero-order valence-electron chi connectivity index (χ0n) is 18.4. The number of hydrogen-bond acceptors (Lipinski definition) is 5. The molecule has 2 N–H and O–H groups in total. The van der Waals surface area contributed by atoms with Gasteiger partial charge in [-0.15, -0.1) is 0 Å². The molecule has 4 aromatic rings. The van der Waals surface area contributed by atoms with Gasteiger partial charge in [-0.2, -0.15) is 10.2 Å². The van der Waals surface area contributed by atoms with Gasteiger partial charge in [0.25, 0.3) is 5.91 Å². The highest BCUT2D eigenvalue weighted by Gasteiger charge is 2.11. The Labute approximate surface area is 192 Å². The summed E-state index contributed by atoms with van der Waals surface area (Å²) >= 11 is 0. The highest BCUT2D eigenvalue weighted by molar-refractivity contribution is 6.00. The van der Waals surface area contributed by atoms with Crippen molar-refractivity contribution in [3.05, 3.63) is 102 Å². The van der Waals surface area contributed by atoms with Gasteiger partial charge in [0.2, 0.25) is 0 Å². The minimum atomic E-state index is -0.377. The molecule has 1 aromatic heterocycles. The largest absolute Gasteiger partial charge is 0.497 e. The van der Waals surface area contributed by atoms with Gasteiger partial charge < -0.3 is 9.47 Å². The lowest BCUT2D eigenvalue weighted by Crippen LogP contribution is -2.19. The van der Waals surface area contributed by atoms with Crippen LogP contribution in [-0.4, -0.2) is 28.9 Å². The normalized spacial score (nSPS) is 11.2. The highest BCUT2D eigenvalue weighted by atomic mass is 16.5.